The molecule has 0 saturated heterocycles. The minimum Gasteiger partial charge on any atom is -0.497 e. The lowest BCUT2D eigenvalue weighted by atomic mass is 10.1. The molecule has 0 atom stereocenters. The molecule has 3 aromatic carbocycles. The number of hydrogen-bond donors (Lipinski definition) is 0. The zero-order valence-corrected chi connectivity index (χ0v) is 16.9. The van der Waals surface area contributed by atoms with Crippen LogP contribution in [0, 0.1) is 5.82 Å². The van der Waals surface area contributed by atoms with E-state index in [2.05, 4.69) is 34.2 Å². The number of rotatable bonds is 6. The number of methoxy groups -OCH3 is 1. The number of hydrogen-bond acceptors (Lipinski definition) is 3. The van der Waals surface area contributed by atoms with Crippen LogP contribution in [0.15, 0.2) is 89.2 Å². The number of nitrogens with zero attached hydrogens (tertiary/aromatic N) is 2. The monoisotopic (exact) mass is 404 g/mol. The van der Waals surface area contributed by atoms with E-state index in [0.29, 0.717) is 0 Å². The average molecular weight is 405 g/mol. The zero-order valence-electron chi connectivity index (χ0n) is 16.1. The van der Waals surface area contributed by atoms with Crippen molar-refractivity contribution in [2.24, 2.45) is 4.99 Å². The Balaban J connectivity index is 1.73. The van der Waals surface area contributed by atoms with Crippen LogP contribution in [0.4, 0.5) is 10.1 Å². The van der Waals surface area contributed by atoms with Crippen LogP contribution in [-0.2, 0) is 13.0 Å². The molecule has 0 N–H and O–H groups in total. The molecule has 0 bridgehead atoms. The highest BCUT2D eigenvalue weighted by Gasteiger charge is 2.09. The Labute approximate surface area is 173 Å². The van der Waals surface area contributed by atoms with E-state index in [1.165, 1.54) is 17.7 Å². The molecule has 0 aliphatic carbocycles. The highest BCUT2D eigenvalue weighted by Crippen LogP contribution is 2.22. The Morgan fingerprint density at radius 3 is 2.34 bits per heavy atom. The molecule has 0 amide bonds. The van der Waals surface area contributed by atoms with Gasteiger partial charge in [0.1, 0.15) is 11.6 Å². The molecule has 3 nitrogen and oxygen atoms in total. The Hall–Kier alpha value is -3.18. The predicted molar refractivity (Wildman–Crippen MR) is 116 cm³/mol. The minimum absolute atomic E-state index is 0.233. The van der Waals surface area contributed by atoms with Gasteiger partial charge >= 0.3 is 0 Å². The summed E-state index contributed by atoms with van der Waals surface area (Å²) in [5.41, 5.74) is 4.16. The molecule has 0 aliphatic heterocycles. The Kier molecular flexibility index (Phi) is 5.86. The third kappa shape index (κ3) is 4.63. The lowest BCUT2D eigenvalue weighted by Gasteiger charge is -2.10. The summed E-state index contributed by atoms with van der Waals surface area (Å²) >= 11 is 1.59. The van der Waals surface area contributed by atoms with Gasteiger partial charge in [-0.15, -0.1) is 11.3 Å². The molecule has 29 heavy (non-hydrogen) atoms. The van der Waals surface area contributed by atoms with E-state index in [1.807, 2.05) is 42.5 Å². The lowest BCUT2D eigenvalue weighted by Crippen LogP contribution is -2.17. The lowest BCUT2D eigenvalue weighted by molar-refractivity contribution is 0.415. The van der Waals surface area contributed by atoms with Crippen LogP contribution in [-0.4, -0.2) is 11.7 Å². The SMILES string of the molecule is COc1ccc(N=c2scc(-c3ccc(F)cc3)n2CCc2ccccc2)cc1. The van der Waals surface area contributed by atoms with Crippen molar-refractivity contribution in [2.45, 2.75) is 13.0 Å². The normalized spacial score (nSPS) is 11.6. The fourth-order valence-electron chi connectivity index (χ4n) is 3.14. The quantitative estimate of drug-likeness (QED) is 0.397. The molecule has 0 unspecified atom stereocenters. The van der Waals surface area contributed by atoms with Crippen LogP contribution >= 0.6 is 11.3 Å². The smallest absolute Gasteiger partial charge is 0.190 e. The van der Waals surface area contributed by atoms with Crippen LogP contribution in [0.3, 0.4) is 0 Å². The summed E-state index contributed by atoms with van der Waals surface area (Å²) in [6.07, 6.45) is 0.890. The second-order valence-corrected chi connectivity index (χ2v) is 7.44. The second-order valence-electron chi connectivity index (χ2n) is 6.61. The van der Waals surface area contributed by atoms with Crippen LogP contribution in [0.25, 0.3) is 11.3 Å². The van der Waals surface area contributed by atoms with Crippen molar-refractivity contribution in [1.82, 2.24) is 4.57 Å². The van der Waals surface area contributed by atoms with Gasteiger partial charge in [-0.1, -0.05) is 30.3 Å². The summed E-state index contributed by atoms with van der Waals surface area (Å²) in [5, 5.41) is 2.08. The number of ether oxygens (including phenoxy) is 1. The molecule has 4 rings (SSSR count). The van der Waals surface area contributed by atoms with Gasteiger partial charge in [0.05, 0.1) is 18.5 Å². The van der Waals surface area contributed by atoms with Gasteiger partial charge in [0.25, 0.3) is 0 Å². The number of halogens is 1. The summed E-state index contributed by atoms with van der Waals surface area (Å²) in [5.74, 6) is 0.571. The Bertz CT molecular complexity index is 1130. The maximum Gasteiger partial charge on any atom is 0.190 e. The zero-order chi connectivity index (χ0) is 20.1. The van der Waals surface area contributed by atoms with Gasteiger partial charge in [-0.05, 0) is 66.1 Å². The molecular formula is C24H21FN2OS. The van der Waals surface area contributed by atoms with Gasteiger partial charge < -0.3 is 9.30 Å². The molecule has 146 valence electrons. The van der Waals surface area contributed by atoms with Crippen molar-refractivity contribution in [3.63, 3.8) is 0 Å². The molecule has 0 saturated carbocycles. The first-order valence-corrected chi connectivity index (χ1v) is 10.3. The first-order valence-electron chi connectivity index (χ1n) is 9.40. The molecule has 1 aromatic heterocycles. The fraction of sp³-hybridized carbons (Fsp3) is 0.125. The molecule has 0 radical (unpaired) electrons. The third-order valence-corrected chi connectivity index (χ3v) is 5.57. The van der Waals surface area contributed by atoms with Crippen molar-refractivity contribution in [3.8, 4) is 17.0 Å². The van der Waals surface area contributed by atoms with E-state index >= 15 is 0 Å². The largest absolute Gasteiger partial charge is 0.497 e. The summed E-state index contributed by atoms with van der Waals surface area (Å²) in [6, 6.07) is 24.7. The second kappa shape index (κ2) is 8.88. The summed E-state index contributed by atoms with van der Waals surface area (Å²) in [4.78, 5) is 5.75. The van der Waals surface area contributed by atoms with Crippen LogP contribution in [0.1, 0.15) is 5.56 Å². The molecule has 4 aromatic rings. The highest BCUT2D eigenvalue weighted by atomic mass is 32.1. The van der Waals surface area contributed by atoms with Gasteiger partial charge in [0.15, 0.2) is 4.80 Å². The topological polar surface area (TPSA) is 26.5 Å². The predicted octanol–water partition coefficient (Wildman–Crippen LogP) is 5.84. The van der Waals surface area contributed by atoms with Crippen molar-refractivity contribution < 1.29 is 9.13 Å². The van der Waals surface area contributed by atoms with Gasteiger partial charge in [-0.25, -0.2) is 9.38 Å². The number of aromatic nitrogens is 1. The summed E-state index contributed by atoms with van der Waals surface area (Å²) in [7, 11) is 1.65. The van der Waals surface area contributed by atoms with Gasteiger partial charge in [0.2, 0.25) is 0 Å². The van der Waals surface area contributed by atoms with E-state index < -0.39 is 0 Å². The van der Waals surface area contributed by atoms with E-state index in [1.54, 1.807) is 18.4 Å². The maximum atomic E-state index is 13.4. The van der Waals surface area contributed by atoms with Gasteiger partial charge in [0, 0.05) is 11.9 Å². The molecular weight excluding hydrogens is 383 g/mol. The van der Waals surface area contributed by atoms with Crippen molar-refractivity contribution >= 4 is 17.0 Å². The van der Waals surface area contributed by atoms with Crippen LogP contribution in [0.2, 0.25) is 0 Å². The number of thiazole rings is 1. The first-order chi connectivity index (χ1) is 14.2. The standard InChI is InChI=1S/C24H21FN2OS/c1-28-22-13-11-21(12-14-22)26-24-27(16-15-18-5-3-2-4-6-18)23(17-29-24)19-7-9-20(25)10-8-19/h2-14,17H,15-16H2,1H3. The molecule has 0 aliphatic rings. The van der Waals surface area contributed by atoms with E-state index in [9.17, 15) is 4.39 Å². The molecule has 0 spiro atoms. The van der Waals surface area contributed by atoms with Crippen molar-refractivity contribution in [2.75, 3.05) is 7.11 Å². The highest BCUT2D eigenvalue weighted by molar-refractivity contribution is 7.07. The third-order valence-electron chi connectivity index (χ3n) is 4.70. The van der Waals surface area contributed by atoms with Crippen molar-refractivity contribution in [1.29, 1.82) is 0 Å². The van der Waals surface area contributed by atoms with E-state index in [4.69, 9.17) is 9.73 Å². The van der Waals surface area contributed by atoms with E-state index in [0.717, 1.165) is 40.5 Å². The van der Waals surface area contributed by atoms with E-state index in [-0.39, 0.29) is 5.82 Å². The van der Waals surface area contributed by atoms with Gasteiger partial charge in [-0.2, -0.15) is 0 Å². The average Bonchev–Trinajstić information content (AvgIpc) is 3.16. The Morgan fingerprint density at radius 1 is 0.931 bits per heavy atom. The summed E-state index contributed by atoms with van der Waals surface area (Å²) < 4.78 is 20.8. The number of benzene rings is 3. The Morgan fingerprint density at radius 2 is 1.66 bits per heavy atom. The van der Waals surface area contributed by atoms with Gasteiger partial charge in [-0.3, -0.25) is 0 Å². The maximum absolute atomic E-state index is 13.4. The number of aryl methyl sites for hydroxylation is 1. The first kappa shape index (κ1) is 19.2. The molecule has 5 heteroatoms. The minimum atomic E-state index is -0.233. The summed E-state index contributed by atoms with van der Waals surface area (Å²) in [6.45, 7) is 0.787. The molecule has 1 heterocycles. The van der Waals surface area contributed by atoms with Crippen molar-refractivity contribution in [3.05, 3.63) is 100 Å². The fourth-order valence-corrected chi connectivity index (χ4v) is 4.09. The van der Waals surface area contributed by atoms with Crippen LogP contribution < -0.4 is 9.54 Å². The molecule has 0 fully saturated rings. The van der Waals surface area contributed by atoms with Crippen LogP contribution in [0.5, 0.6) is 5.75 Å².